The molecule has 1 aromatic carbocycles. The molecule has 1 N–H and O–H groups in total. The van der Waals surface area contributed by atoms with Crippen molar-refractivity contribution in [3.8, 4) is 5.75 Å². The van der Waals surface area contributed by atoms with Gasteiger partial charge < -0.3 is 19.5 Å². The van der Waals surface area contributed by atoms with E-state index in [-0.39, 0.29) is 11.5 Å². The van der Waals surface area contributed by atoms with E-state index in [0.717, 1.165) is 30.4 Å². The first-order valence-corrected chi connectivity index (χ1v) is 10.9. The second kappa shape index (κ2) is 11.0. The van der Waals surface area contributed by atoms with Crippen LogP contribution in [-0.2, 0) is 11.8 Å². The van der Waals surface area contributed by atoms with Crippen LogP contribution in [-0.4, -0.2) is 48.2 Å². The zero-order valence-electron chi connectivity index (χ0n) is 17.5. The summed E-state index contributed by atoms with van der Waals surface area (Å²) >= 11 is 0. The number of rotatable bonds is 9. The maximum Gasteiger partial charge on any atom is 0.254 e. The quantitative estimate of drug-likeness (QED) is 0.658. The molecule has 0 atom stereocenters. The van der Waals surface area contributed by atoms with Gasteiger partial charge in [-0.05, 0) is 57.5 Å². The van der Waals surface area contributed by atoms with Crippen molar-refractivity contribution in [2.45, 2.75) is 44.9 Å². The van der Waals surface area contributed by atoms with Gasteiger partial charge in [-0.25, -0.2) is 0 Å². The minimum Gasteiger partial charge on any atom is -0.493 e. The monoisotopic (exact) mass is 399 g/mol. The molecule has 0 unspecified atom stereocenters. The minimum absolute atomic E-state index is 0.0679. The van der Waals surface area contributed by atoms with Gasteiger partial charge in [0.2, 0.25) is 5.91 Å². The zero-order valence-corrected chi connectivity index (χ0v) is 17.5. The van der Waals surface area contributed by atoms with Crippen molar-refractivity contribution in [1.29, 1.82) is 0 Å². The number of carbonyl (C=O) groups is 1. The van der Waals surface area contributed by atoms with Crippen LogP contribution >= 0.6 is 0 Å². The predicted octanol–water partition coefficient (Wildman–Crippen LogP) is 3.08. The van der Waals surface area contributed by atoms with Crippen LogP contribution in [0.5, 0.6) is 5.75 Å². The number of amides is 1. The van der Waals surface area contributed by atoms with Gasteiger partial charge in [0.15, 0.2) is 0 Å². The van der Waals surface area contributed by atoms with Crippen molar-refractivity contribution in [3.63, 3.8) is 0 Å². The van der Waals surface area contributed by atoms with Crippen LogP contribution in [0.25, 0.3) is 10.9 Å². The second-order valence-corrected chi connectivity index (χ2v) is 7.83. The first kappa shape index (κ1) is 21.4. The normalized spacial score (nSPS) is 15.2. The molecule has 2 aromatic rings. The molecule has 6 heteroatoms. The van der Waals surface area contributed by atoms with Crippen molar-refractivity contribution in [3.05, 3.63) is 40.7 Å². The molecule has 0 radical (unpaired) electrons. The first-order valence-electron chi connectivity index (χ1n) is 10.9. The number of nitrogens with zero attached hydrogens (tertiary/aromatic N) is 2. The lowest BCUT2D eigenvalue weighted by molar-refractivity contribution is -0.121. The van der Waals surface area contributed by atoms with E-state index in [1.807, 2.05) is 24.3 Å². The third kappa shape index (κ3) is 6.32. The molecule has 1 aromatic heterocycles. The van der Waals surface area contributed by atoms with Gasteiger partial charge in [0.25, 0.3) is 5.56 Å². The van der Waals surface area contributed by atoms with Crippen molar-refractivity contribution in [1.82, 2.24) is 14.8 Å². The number of benzene rings is 1. The van der Waals surface area contributed by atoms with Gasteiger partial charge >= 0.3 is 0 Å². The molecule has 2 heterocycles. The SMILES string of the molecule is Cn1c(=O)cc(OCCCC(=O)NCCCN2CCCCCC2)c2ccccc21. The molecule has 1 aliphatic rings. The molecule has 0 saturated carbocycles. The van der Waals surface area contributed by atoms with Gasteiger partial charge in [0.1, 0.15) is 5.75 Å². The Morgan fingerprint density at radius 1 is 1.10 bits per heavy atom. The van der Waals surface area contributed by atoms with E-state index in [1.54, 1.807) is 11.6 Å². The summed E-state index contributed by atoms with van der Waals surface area (Å²) in [4.78, 5) is 26.6. The van der Waals surface area contributed by atoms with Crippen molar-refractivity contribution in [2.24, 2.45) is 7.05 Å². The van der Waals surface area contributed by atoms with E-state index >= 15 is 0 Å². The summed E-state index contributed by atoms with van der Waals surface area (Å²) in [7, 11) is 1.76. The highest BCUT2D eigenvalue weighted by Gasteiger charge is 2.09. The van der Waals surface area contributed by atoms with E-state index in [9.17, 15) is 9.59 Å². The Bertz CT molecular complexity index is 854. The van der Waals surface area contributed by atoms with Gasteiger partial charge in [-0.1, -0.05) is 25.0 Å². The number of para-hydroxylation sites is 1. The van der Waals surface area contributed by atoms with Crippen LogP contribution < -0.4 is 15.6 Å². The van der Waals surface area contributed by atoms with E-state index in [4.69, 9.17) is 4.74 Å². The number of fused-ring (bicyclic) bond motifs is 1. The average Bonchev–Trinajstić information content (AvgIpc) is 3.01. The summed E-state index contributed by atoms with van der Waals surface area (Å²) < 4.78 is 7.43. The van der Waals surface area contributed by atoms with Gasteiger partial charge in [0.05, 0.1) is 12.1 Å². The van der Waals surface area contributed by atoms with Gasteiger partial charge in [-0.2, -0.15) is 0 Å². The summed E-state index contributed by atoms with van der Waals surface area (Å²) in [6.45, 7) is 4.61. The van der Waals surface area contributed by atoms with Crippen LogP contribution in [0, 0.1) is 0 Å². The Balaban J connectivity index is 1.35. The molecule has 0 bridgehead atoms. The molecule has 1 amide bonds. The van der Waals surface area contributed by atoms with Crippen LogP contribution in [0.2, 0.25) is 0 Å². The average molecular weight is 400 g/mol. The third-order valence-corrected chi connectivity index (χ3v) is 5.59. The number of ether oxygens (including phenoxy) is 1. The van der Waals surface area contributed by atoms with Crippen LogP contribution in [0.1, 0.15) is 44.9 Å². The Morgan fingerprint density at radius 3 is 2.66 bits per heavy atom. The number of pyridine rings is 1. The Kier molecular flexibility index (Phi) is 8.11. The molecule has 29 heavy (non-hydrogen) atoms. The summed E-state index contributed by atoms with van der Waals surface area (Å²) in [6, 6.07) is 9.20. The summed E-state index contributed by atoms with van der Waals surface area (Å²) in [5, 5.41) is 3.92. The van der Waals surface area contributed by atoms with Crippen molar-refractivity contribution < 1.29 is 9.53 Å². The number of hydrogen-bond donors (Lipinski definition) is 1. The fourth-order valence-corrected chi connectivity index (χ4v) is 3.89. The van der Waals surface area contributed by atoms with E-state index in [0.29, 0.717) is 25.2 Å². The Morgan fingerprint density at radius 2 is 1.86 bits per heavy atom. The predicted molar refractivity (Wildman–Crippen MR) is 116 cm³/mol. The van der Waals surface area contributed by atoms with Gasteiger partial charge in [0, 0.05) is 31.5 Å². The fourth-order valence-electron chi connectivity index (χ4n) is 3.89. The number of aryl methyl sites for hydroxylation is 1. The standard InChI is InChI=1S/C23H33N3O3/c1-25-20-11-5-4-10-19(20)21(18-23(25)28)29-17-8-12-22(27)24-13-9-16-26-14-6-2-3-7-15-26/h4-5,10-11,18H,2-3,6-9,12-17H2,1H3,(H,24,27). The van der Waals surface area contributed by atoms with Crippen LogP contribution in [0.4, 0.5) is 0 Å². The first-order chi connectivity index (χ1) is 14.1. The molecule has 158 valence electrons. The lowest BCUT2D eigenvalue weighted by Gasteiger charge is -2.19. The van der Waals surface area contributed by atoms with E-state index in [2.05, 4.69) is 10.2 Å². The number of carbonyl (C=O) groups excluding carboxylic acids is 1. The molecule has 1 aliphatic heterocycles. The number of nitrogens with one attached hydrogen (secondary N) is 1. The topological polar surface area (TPSA) is 63.6 Å². The lowest BCUT2D eigenvalue weighted by atomic mass is 10.2. The molecular formula is C23H33N3O3. The van der Waals surface area contributed by atoms with E-state index in [1.165, 1.54) is 44.8 Å². The maximum absolute atomic E-state index is 12.1. The smallest absolute Gasteiger partial charge is 0.254 e. The molecule has 3 rings (SSSR count). The third-order valence-electron chi connectivity index (χ3n) is 5.59. The van der Waals surface area contributed by atoms with Gasteiger partial charge in [-0.3, -0.25) is 9.59 Å². The Labute approximate surface area is 172 Å². The molecule has 6 nitrogen and oxygen atoms in total. The van der Waals surface area contributed by atoms with Crippen molar-refractivity contribution in [2.75, 3.05) is 32.8 Å². The number of hydrogen-bond acceptors (Lipinski definition) is 4. The number of aromatic nitrogens is 1. The number of likely N-dealkylation sites (tertiary alicyclic amines) is 1. The van der Waals surface area contributed by atoms with Crippen LogP contribution in [0.3, 0.4) is 0 Å². The summed E-state index contributed by atoms with van der Waals surface area (Å²) in [5.74, 6) is 0.653. The van der Waals surface area contributed by atoms with Crippen molar-refractivity contribution >= 4 is 16.8 Å². The van der Waals surface area contributed by atoms with Gasteiger partial charge in [-0.15, -0.1) is 0 Å². The molecule has 0 spiro atoms. The summed E-state index contributed by atoms with van der Waals surface area (Å²) in [6.07, 6.45) is 7.37. The van der Waals surface area contributed by atoms with E-state index < -0.39 is 0 Å². The van der Waals surface area contributed by atoms with Crippen LogP contribution in [0.15, 0.2) is 35.1 Å². The molecule has 1 saturated heterocycles. The second-order valence-electron chi connectivity index (χ2n) is 7.83. The molecule has 1 fully saturated rings. The minimum atomic E-state index is -0.0964. The Hall–Kier alpha value is -2.34. The zero-order chi connectivity index (χ0) is 20.5. The highest BCUT2D eigenvalue weighted by molar-refractivity contribution is 5.85. The maximum atomic E-state index is 12.1. The summed E-state index contributed by atoms with van der Waals surface area (Å²) in [5.41, 5.74) is 0.748. The molecule has 0 aliphatic carbocycles. The lowest BCUT2D eigenvalue weighted by Crippen LogP contribution is -2.30. The fraction of sp³-hybridized carbons (Fsp3) is 0.565. The molecular weight excluding hydrogens is 366 g/mol. The highest BCUT2D eigenvalue weighted by Crippen LogP contribution is 2.23. The highest BCUT2D eigenvalue weighted by atomic mass is 16.5. The largest absolute Gasteiger partial charge is 0.493 e.